The Balaban J connectivity index is 0.00000408. The first-order valence-electron chi connectivity index (χ1n) is 19.6. The molecule has 0 aliphatic rings. The van der Waals surface area contributed by atoms with Crippen molar-refractivity contribution < 1.29 is 25.8 Å². The molecule has 0 bridgehead atoms. The van der Waals surface area contributed by atoms with Gasteiger partial charge < -0.3 is 13.5 Å². The van der Waals surface area contributed by atoms with E-state index in [-0.39, 0.29) is 21.1 Å². The molecule has 12 rings (SSSR count). The van der Waals surface area contributed by atoms with E-state index in [4.69, 9.17) is 19.7 Å². The van der Waals surface area contributed by atoms with Gasteiger partial charge in [0, 0.05) is 34.3 Å². The molecule has 0 aliphatic carbocycles. The van der Waals surface area contributed by atoms with Crippen LogP contribution in [-0.4, -0.2) is 23.8 Å². The molecule has 284 valence electrons. The van der Waals surface area contributed by atoms with E-state index in [2.05, 4.69) is 160 Å². The van der Waals surface area contributed by atoms with Crippen molar-refractivity contribution in [2.45, 2.75) is 0 Å². The van der Waals surface area contributed by atoms with Crippen molar-refractivity contribution in [1.82, 2.24) is 23.8 Å². The summed E-state index contributed by atoms with van der Waals surface area (Å²) in [7, 11) is 0. The standard InChI is InChI=1S/C53H31N5O.Pt/c1-5-16-34(17-6-1)47-50(36-20-9-3-10-21-36)57-45-25-14-13-24-41(45)40-29-27-38(32-43(40)52(57)55-47)59-39-28-30-42-44(33-39)53-56-48(35-18-7-2-8-19-35)51(37-22-11-4-12-23-37)58(53)46-26-15-31-54-49(42)46;/h1-31H;/q-2;+2. The largest absolute Gasteiger partial charge is 2.00 e. The number of aromatic nitrogens is 5. The predicted octanol–water partition coefficient (Wildman–Crippen LogP) is 13.0. The Morgan fingerprint density at radius 2 is 0.850 bits per heavy atom. The van der Waals surface area contributed by atoms with Crippen LogP contribution in [0.3, 0.4) is 0 Å². The number of para-hydroxylation sites is 1. The van der Waals surface area contributed by atoms with Crippen LogP contribution in [0, 0.1) is 12.1 Å². The van der Waals surface area contributed by atoms with E-state index >= 15 is 0 Å². The maximum Gasteiger partial charge on any atom is 2.00 e. The Bertz CT molecular complexity index is 3330. The number of fused-ring (bicyclic) bond motifs is 12. The molecule has 7 aromatic carbocycles. The second kappa shape index (κ2) is 14.5. The number of imidazole rings is 2. The maximum atomic E-state index is 6.72. The third kappa shape index (κ3) is 5.64. The number of benzene rings is 7. The van der Waals surface area contributed by atoms with Crippen LogP contribution in [0.5, 0.6) is 11.5 Å². The molecule has 0 spiro atoms. The van der Waals surface area contributed by atoms with Crippen molar-refractivity contribution in [1.29, 1.82) is 0 Å². The zero-order valence-electron chi connectivity index (χ0n) is 31.9. The van der Waals surface area contributed by atoms with Gasteiger partial charge in [-0.2, -0.15) is 0 Å². The Morgan fingerprint density at radius 1 is 0.400 bits per heavy atom. The summed E-state index contributed by atoms with van der Waals surface area (Å²) in [6.45, 7) is 0. The van der Waals surface area contributed by atoms with Gasteiger partial charge in [0.15, 0.2) is 0 Å². The van der Waals surface area contributed by atoms with Gasteiger partial charge in [-0.05, 0) is 34.7 Å². The first kappa shape index (κ1) is 35.7. The van der Waals surface area contributed by atoms with E-state index in [0.717, 1.165) is 99.8 Å². The van der Waals surface area contributed by atoms with Crippen molar-refractivity contribution in [3.05, 3.63) is 200 Å². The summed E-state index contributed by atoms with van der Waals surface area (Å²) >= 11 is 0. The van der Waals surface area contributed by atoms with E-state index < -0.39 is 0 Å². The molecule has 0 atom stereocenters. The van der Waals surface area contributed by atoms with Crippen LogP contribution < -0.4 is 4.74 Å². The summed E-state index contributed by atoms with van der Waals surface area (Å²) in [6, 6.07) is 69.7. The monoisotopic (exact) mass is 948 g/mol. The molecule has 0 saturated heterocycles. The third-order valence-electron chi connectivity index (χ3n) is 11.2. The van der Waals surface area contributed by atoms with Gasteiger partial charge in [0.2, 0.25) is 0 Å². The minimum atomic E-state index is 0. The van der Waals surface area contributed by atoms with Crippen LogP contribution in [0.25, 0.3) is 99.8 Å². The molecule has 0 radical (unpaired) electrons. The minimum absolute atomic E-state index is 0. The van der Waals surface area contributed by atoms with Gasteiger partial charge in [0.25, 0.3) is 0 Å². The number of ether oxygens (including phenoxy) is 1. The molecule has 5 heterocycles. The summed E-state index contributed by atoms with van der Waals surface area (Å²) in [5.74, 6) is 1.11. The van der Waals surface area contributed by atoms with Gasteiger partial charge in [0.1, 0.15) is 0 Å². The molecular formula is C53H31N5OPt. The normalized spacial score (nSPS) is 11.5. The van der Waals surface area contributed by atoms with Crippen molar-refractivity contribution in [2.75, 3.05) is 0 Å². The van der Waals surface area contributed by atoms with Crippen molar-refractivity contribution in [2.24, 2.45) is 0 Å². The molecule has 7 heteroatoms. The van der Waals surface area contributed by atoms with Gasteiger partial charge in [-0.25, -0.2) is 0 Å². The Kier molecular flexibility index (Phi) is 8.61. The Hall–Kier alpha value is -7.40. The van der Waals surface area contributed by atoms with Crippen molar-refractivity contribution in [3.63, 3.8) is 0 Å². The summed E-state index contributed by atoms with van der Waals surface area (Å²) < 4.78 is 11.2. The van der Waals surface area contributed by atoms with Gasteiger partial charge in [0.05, 0.1) is 45.1 Å². The fraction of sp³-hybridized carbons (Fsp3) is 0. The zero-order valence-corrected chi connectivity index (χ0v) is 34.1. The number of rotatable bonds is 6. The maximum absolute atomic E-state index is 6.72. The number of pyridine rings is 3. The Labute approximate surface area is 359 Å². The SMILES string of the molecule is [Pt+2].[c-]1c(Oc2[c-]c3c(cc2)c2ncccc2n2c(-c4ccccc4)c(-c4ccccc4)nc32)ccc2c1c1nc(-c3ccccc3)c(-c3ccccc3)n1c1ccccc21. The average molecular weight is 949 g/mol. The molecule has 0 aliphatic heterocycles. The molecule has 0 fully saturated rings. The number of hydrogen-bond acceptors (Lipinski definition) is 4. The van der Waals surface area contributed by atoms with Gasteiger partial charge in [-0.1, -0.05) is 185 Å². The van der Waals surface area contributed by atoms with Crippen LogP contribution in [0.1, 0.15) is 0 Å². The third-order valence-corrected chi connectivity index (χ3v) is 11.2. The molecule has 0 amide bonds. The summed E-state index contributed by atoms with van der Waals surface area (Å²) in [5, 5.41) is 4.78. The molecular weight excluding hydrogens is 918 g/mol. The predicted molar refractivity (Wildman–Crippen MR) is 238 cm³/mol. The smallest absolute Gasteiger partial charge is 0.497 e. The average Bonchev–Trinajstić information content (AvgIpc) is 3.92. The fourth-order valence-electron chi connectivity index (χ4n) is 8.61. The second-order valence-electron chi connectivity index (χ2n) is 14.6. The quantitative estimate of drug-likeness (QED) is 0.123. The molecule has 0 N–H and O–H groups in total. The molecule has 0 saturated carbocycles. The molecule has 12 aromatic rings. The number of hydrogen-bond donors (Lipinski definition) is 0. The topological polar surface area (TPSA) is 56.7 Å². The van der Waals surface area contributed by atoms with Crippen molar-refractivity contribution >= 4 is 54.8 Å². The Morgan fingerprint density at radius 3 is 1.42 bits per heavy atom. The van der Waals surface area contributed by atoms with Crippen LogP contribution in [0.2, 0.25) is 0 Å². The summed E-state index contributed by atoms with van der Waals surface area (Å²) in [5.41, 5.74) is 12.5. The van der Waals surface area contributed by atoms with Crippen LogP contribution in [-0.2, 0) is 21.1 Å². The first-order chi connectivity index (χ1) is 29.3. The molecule has 60 heavy (non-hydrogen) atoms. The minimum Gasteiger partial charge on any atom is -0.497 e. The first-order valence-corrected chi connectivity index (χ1v) is 19.6. The second-order valence-corrected chi connectivity index (χ2v) is 14.6. The van der Waals surface area contributed by atoms with Crippen LogP contribution in [0.15, 0.2) is 188 Å². The van der Waals surface area contributed by atoms with Gasteiger partial charge in [-0.3, -0.25) is 15.0 Å². The molecule has 5 aromatic heterocycles. The van der Waals surface area contributed by atoms with Gasteiger partial charge >= 0.3 is 21.1 Å². The van der Waals surface area contributed by atoms with E-state index in [9.17, 15) is 0 Å². The van der Waals surface area contributed by atoms with E-state index in [1.54, 1.807) is 0 Å². The van der Waals surface area contributed by atoms with E-state index in [0.29, 0.717) is 11.5 Å². The van der Waals surface area contributed by atoms with E-state index in [1.165, 1.54) is 0 Å². The molecule has 0 unspecified atom stereocenters. The summed E-state index contributed by atoms with van der Waals surface area (Å²) in [4.78, 5) is 15.7. The summed E-state index contributed by atoms with van der Waals surface area (Å²) in [6.07, 6.45) is 1.84. The molecule has 6 nitrogen and oxygen atoms in total. The van der Waals surface area contributed by atoms with Crippen molar-refractivity contribution in [3.8, 4) is 56.5 Å². The zero-order chi connectivity index (χ0) is 38.9. The van der Waals surface area contributed by atoms with E-state index in [1.807, 2.05) is 48.7 Å². The van der Waals surface area contributed by atoms with Crippen LogP contribution >= 0.6 is 0 Å². The number of nitrogens with zero attached hydrogens (tertiary/aromatic N) is 5. The van der Waals surface area contributed by atoms with Gasteiger partial charge in [-0.15, -0.1) is 12.1 Å². The fourth-order valence-corrected chi connectivity index (χ4v) is 8.61. The van der Waals surface area contributed by atoms with Crippen LogP contribution in [0.4, 0.5) is 0 Å².